The monoisotopic (exact) mass is 408 g/mol. The fourth-order valence-electron chi connectivity index (χ4n) is 2.13. The lowest BCUT2D eigenvalue weighted by Gasteiger charge is -2.08. The Morgan fingerprint density at radius 1 is 1.17 bits per heavy atom. The lowest BCUT2D eigenvalue weighted by atomic mass is 10.1. The fraction of sp³-hybridized carbons (Fsp3) is 0.316. The minimum atomic E-state index is -0.339. The molecule has 0 bridgehead atoms. The molecule has 0 aromatic heterocycles. The van der Waals surface area contributed by atoms with Crippen LogP contribution in [0.15, 0.2) is 57.9 Å². The largest absolute Gasteiger partial charge is 0.482 e. The van der Waals surface area contributed by atoms with E-state index in [0.717, 1.165) is 23.1 Å². The summed E-state index contributed by atoms with van der Waals surface area (Å²) in [5.41, 5.74) is 1.22. The van der Waals surface area contributed by atoms with Gasteiger partial charge in [0.05, 0.1) is 6.61 Å². The number of halogens is 1. The molecule has 0 aliphatic rings. The highest BCUT2D eigenvalue weighted by atomic mass is 79.9. The summed E-state index contributed by atoms with van der Waals surface area (Å²) in [7, 11) is 0. The summed E-state index contributed by atoms with van der Waals surface area (Å²) in [6.07, 6.45) is 2.07. The zero-order chi connectivity index (χ0) is 17.2. The molecule has 2 aromatic rings. The maximum absolute atomic E-state index is 11.3. The van der Waals surface area contributed by atoms with E-state index in [0.29, 0.717) is 12.4 Å². The van der Waals surface area contributed by atoms with Gasteiger partial charge in [0.25, 0.3) is 0 Å². The van der Waals surface area contributed by atoms with Crippen molar-refractivity contribution in [2.45, 2.75) is 24.7 Å². The van der Waals surface area contributed by atoms with E-state index in [2.05, 4.69) is 46.3 Å². The predicted octanol–water partition coefficient (Wildman–Crippen LogP) is 5.12. The number of thioether (sulfide) groups is 1. The first-order valence-electron chi connectivity index (χ1n) is 7.93. The van der Waals surface area contributed by atoms with E-state index >= 15 is 0 Å². The molecular weight excluding hydrogens is 388 g/mol. The first-order valence-corrected chi connectivity index (χ1v) is 9.71. The molecular formula is C19H21BrO3S. The van der Waals surface area contributed by atoms with Gasteiger partial charge in [0.2, 0.25) is 0 Å². The molecule has 0 heterocycles. The summed E-state index contributed by atoms with van der Waals surface area (Å²) in [6, 6.07) is 16.3. The Morgan fingerprint density at radius 3 is 2.71 bits per heavy atom. The van der Waals surface area contributed by atoms with Gasteiger partial charge < -0.3 is 9.47 Å². The average molecular weight is 409 g/mol. The summed E-state index contributed by atoms with van der Waals surface area (Å²) >= 11 is 5.30. The van der Waals surface area contributed by atoms with Gasteiger partial charge in [0, 0.05) is 9.37 Å². The molecule has 24 heavy (non-hydrogen) atoms. The smallest absolute Gasteiger partial charge is 0.344 e. The highest BCUT2D eigenvalue weighted by Crippen LogP contribution is 2.22. The van der Waals surface area contributed by atoms with Crippen molar-refractivity contribution in [1.82, 2.24) is 0 Å². The Balaban J connectivity index is 1.73. The normalized spacial score (nSPS) is 10.4. The van der Waals surface area contributed by atoms with E-state index in [9.17, 15) is 4.79 Å². The number of benzene rings is 2. The molecule has 3 nitrogen and oxygen atoms in total. The molecule has 0 saturated carbocycles. The van der Waals surface area contributed by atoms with Crippen LogP contribution in [0.25, 0.3) is 0 Å². The van der Waals surface area contributed by atoms with E-state index in [1.54, 1.807) is 6.92 Å². The second kappa shape index (κ2) is 10.4. The van der Waals surface area contributed by atoms with Crippen LogP contribution >= 0.6 is 27.7 Å². The van der Waals surface area contributed by atoms with Crippen LogP contribution in [-0.4, -0.2) is 24.9 Å². The molecule has 0 saturated heterocycles. The van der Waals surface area contributed by atoms with Crippen LogP contribution in [0.4, 0.5) is 0 Å². The molecule has 5 heteroatoms. The van der Waals surface area contributed by atoms with Crippen molar-refractivity contribution in [2.24, 2.45) is 0 Å². The number of hydrogen-bond donors (Lipinski definition) is 0. The highest BCUT2D eigenvalue weighted by molar-refractivity contribution is 9.10. The molecule has 0 fully saturated rings. The van der Waals surface area contributed by atoms with Gasteiger partial charge >= 0.3 is 5.97 Å². The molecule has 2 aromatic carbocycles. The third kappa shape index (κ3) is 6.97. The van der Waals surface area contributed by atoms with E-state index in [4.69, 9.17) is 9.47 Å². The number of rotatable bonds is 9. The van der Waals surface area contributed by atoms with E-state index < -0.39 is 0 Å². The standard InChI is InChI=1S/C19H21BrO3S/c1-2-22-19(21)14-23-17-7-3-5-15(13-17)6-4-12-24-18-10-8-16(20)9-11-18/h3,5,7-11,13H,2,4,6,12,14H2,1H3. The quantitative estimate of drug-likeness (QED) is 0.327. The minimum absolute atomic E-state index is 0.0449. The van der Waals surface area contributed by atoms with Crippen molar-refractivity contribution in [3.63, 3.8) is 0 Å². The van der Waals surface area contributed by atoms with Gasteiger partial charge in [-0.25, -0.2) is 4.79 Å². The van der Waals surface area contributed by atoms with E-state index in [-0.39, 0.29) is 12.6 Å². The summed E-state index contributed by atoms with van der Waals surface area (Å²) in [6.45, 7) is 2.11. The molecule has 0 atom stereocenters. The van der Waals surface area contributed by atoms with Gasteiger partial charge in [-0.05, 0) is 67.5 Å². The van der Waals surface area contributed by atoms with Crippen LogP contribution in [0.2, 0.25) is 0 Å². The van der Waals surface area contributed by atoms with Gasteiger partial charge in [0.15, 0.2) is 6.61 Å². The summed E-state index contributed by atoms with van der Waals surface area (Å²) < 4.78 is 11.4. The summed E-state index contributed by atoms with van der Waals surface area (Å²) in [4.78, 5) is 12.6. The second-order valence-corrected chi connectivity index (χ2v) is 7.23. The third-order valence-corrected chi connectivity index (χ3v) is 4.88. The number of carbonyl (C=O) groups is 1. The Morgan fingerprint density at radius 2 is 1.96 bits per heavy atom. The fourth-order valence-corrected chi connectivity index (χ4v) is 3.25. The summed E-state index contributed by atoms with van der Waals surface area (Å²) in [5, 5.41) is 0. The zero-order valence-corrected chi connectivity index (χ0v) is 16.1. The van der Waals surface area contributed by atoms with Gasteiger partial charge in [-0.2, -0.15) is 0 Å². The van der Waals surface area contributed by atoms with Crippen LogP contribution < -0.4 is 4.74 Å². The Kier molecular flexibility index (Phi) is 8.19. The molecule has 0 unspecified atom stereocenters. The Labute approximate surface area is 155 Å². The maximum atomic E-state index is 11.3. The lowest BCUT2D eigenvalue weighted by Crippen LogP contribution is -2.14. The topological polar surface area (TPSA) is 35.5 Å². The SMILES string of the molecule is CCOC(=O)COc1cccc(CCCSc2ccc(Br)cc2)c1. The number of esters is 1. The molecule has 0 N–H and O–H groups in total. The number of ether oxygens (including phenoxy) is 2. The first-order chi connectivity index (χ1) is 11.7. The van der Waals surface area contributed by atoms with E-state index in [1.165, 1.54) is 10.5 Å². The van der Waals surface area contributed by atoms with Crippen molar-refractivity contribution in [3.8, 4) is 5.75 Å². The highest BCUT2D eigenvalue weighted by Gasteiger charge is 2.04. The maximum Gasteiger partial charge on any atom is 0.344 e. The summed E-state index contributed by atoms with van der Waals surface area (Å²) in [5.74, 6) is 1.44. The zero-order valence-electron chi connectivity index (χ0n) is 13.7. The van der Waals surface area contributed by atoms with Crippen molar-refractivity contribution < 1.29 is 14.3 Å². The molecule has 0 aliphatic carbocycles. The Hall–Kier alpha value is -1.46. The molecule has 0 amide bonds. The number of carbonyl (C=O) groups excluding carboxylic acids is 1. The second-order valence-electron chi connectivity index (χ2n) is 5.15. The molecule has 2 rings (SSSR count). The van der Waals surface area contributed by atoms with Gasteiger partial charge in [-0.1, -0.05) is 28.1 Å². The lowest BCUT2D eigenvalue weighted by molar-refractivity contribution is -0.145. The van der Waals surface area contributed by atoms with Gasteiger partial charge in [-0.15, -0.1) is 11.8 Å². The number of aryl methyl sites for hydroxylation is 1. The molecule has 0 spiro atoms. The minimum Gasteiger partial charge on any atom is -0.482 e. The van der Waals surface area contributed by atoms with Crippen LogP contribution in [-0.2, 0) is 16.0 Å². The third-order valence-electron chi connectivity index (χ3n) is 3.25. The molecule has 0 aliphatic heterocycles. The van der Waals surface area contributed by atoms with Crippen LogP contribution in [0.3, 0.4) is 0 Å². The van der Waals surface area contributed by atoms with E-state index in [1.807, 2.05) is 30.0 Å². The van der Waals surface area contributed by atoms with Crippen LogP contribution in [0, 0.1) is 0 Å². The van der Waals surface area contributed by atoms with Gasteiger partial charge in [0.1, 0.15) is 5.75 Å². The Bertz CT molecular complexity index is 643. The molecule has 0 radical (unpaired) electrons. The van der Waals surface area contributed by atoms with Crippen LogP contribution in [0.1, 0.15) is 18.9 Å². The molecule has 128 valence electrons. The van der Waals surface area contributed by atoms with Crippen molar-refractivity contribution in [2.75, 3.05) is 19.0 Å². The first kappa shape index (κ1) is 18.9. The average Bonchev–Trinajstić information content (AvgIpc) is 2.59. The van der Waals surface area contributed by atoms with Crippen LogP contribution in [0.5, 0.6) is 5.75 Å². The predicted molar refractivity (Wildman–Crippen MR) is 102 cm³/mol. The van der Waals surface area contributed by atoms with Gasteiger partial charge in [-0.3, -0.25) is 0 Å². The van der Waals surface area contributed by atoms with Crippen molar-refractivity contribution in [1.29, 1.82) is 0 Å². The van der Waals surface area contributed by atoms with Crippen molar-refractivity contribution >= 4 is 33.7 Å². The number of hydrogen-bond acceptors (Lipinski definition) is 4. The van der Waals surface area contributed by atoms with Crippen molar-refractivity contribution in [3.05, 3.63) is 58.6 Å².